The number of nitrogens with two attached hydrogens (primary N) is 1. The Morgan fingerprint density at radius 3 is 2.72 bits per heavy atom. The molecule has 3 aliphatic rings. The van der Waals surface area contributed by atoms with E-state index in [9.17, 15) is 0 Å². The molecule has 4 rings (SSSR count). The fourth-order valence-electron chi connectivity index (χ4n) is 3.11. The lowest BCUT2D eigenvalue weighted by Crippen LogP contribution is -2.53. The first-order chi connectivity index (χ1) is 8.76. The van der Waals surface area contributed by atoms with Crippen molar-refractivity contribution in [2.24, 2.45) is 5.92 Å². The van der Waals surface area contributed by atoms with Gasteiger partial charge in [0.25, 0.3) is 0 Å². The monoisotopic (exact) mass is 242 g/mol. The molecule has 4 heteroatoms. The van der Waals surface area contributed by atoms with Gasteiger partial charge in [-0.2, -0.15) is 5.26 Å². The van der Waals surface area contributed by atoms with E-state index in [-0.39, 0.29) is 0 Å². The van der Waals surface area contributed by atoms with Gasteiger partial charge in [0.1, 0.15) is 6.07 Å². The van der Waals surface area contributed by atoms with Crippen LogP contribution in [0.1, 0.15) is 18.4 Å². The predicted molar refractivity (Wildman–Crippen MR) is 72.1 cm³/mol. The van der Waals surface area contributed by atoms with Crippen LogP contribution < -0.4 is 11.1 Å². The lowest BCUT2D eigenvalue weighted by molar-refractivity contribution is 0.0975. The Hall–Kier alpha value is -1.73. The van der Waals surface area contributed by atoms with E-state index in [1.807, 2.05) is 12.1 Å². The summed E-state index contributed by atoms with van der Waals surface area (Å²) in [7, 11) is 0. The van der Waals surface area contributed by atoms with Crippen LogP contribution in [0.15, 0.2) is 18.2 Å². The number of piperidine rings is 3. The standard InChI is InChI=1S/C14H18N4/c15-8-11-7-12(16)1-2-13(11)17-14-9-18-5-3-10(14)4-6-18/h1-2,7,10,14,17H,3-6,9,16H2. The zero-order chi connectivity index (χ0) is 12.5. The highest BCUT2D eigenvalue weighted by Crippen LogP contribution is 2.30. The average molecular weight is 242 g/mol. The summed E-state index contributed by atoms with van der Waals surface area (Å²) in [5.41, 5.74) is 7.92. The fourth-order valence-corrected chi connectivity index (χ4v) is 3.11. The molecule has 3 aliphatic heterocycles. The predicted octanol–water partition coefficient (Wildman–Crippen LogP) is 1.65. The molecule has 94 valence electrons. The van der Waals surface area contributed by atoms with E-state index in [1.165, 1.54) is 25.9 Å². The maximum Gasteiger partial charge on any atom is 0.101 e. The maximum absolute atomic E-state index is 9.15. The van der Waals surface area contributed by atoms with Crippen LogP contribution in [0.25, 0.3) is 0 Å². The number of rotatable bonds is 2. The number of hydrogen-bond donors (Lipinski definition) is 2. The van der Waals surface area contributed by atoms with E-state index in [4.69, 9.17) is 11.0 Å². The smallest absolute Gasteiger partial charge is 0.101 e. The maximum atomic E-state index is 9.15. The molecule has 3 N–H and O–H groups in total. The van der Waals surface area contributed by atoms with Crippen molar-refractivity contribution in [3.63, 3.8) is 0 Å². The lowest BCUT2D eigenvalue weighted by atomic mass is 9.84. The first-order valence-corrected chi connectivity index (χ1v) is 6.55. The first-order valence-electron chi connectivity index (χ1n) is 6.55. The molecule has 3 fully saturated rings. The molecule has 0 radical (unpaired) electrons. The summed E-state index contributed by atoms with van der Waals surface area (Å²) < 4.78 is 0. The molecule has 2 bridgehead atoms. The van der Waals surface area contributed by atoms with Gasteiger partial charge in [-0.1, -0.05) is 0 Å². The Kier molecular flexibility index (Phi) is 2.85. The summed E-state index contributed by atoms with van der Waals surface area (Å²) in [4.78, 5) is 2.50. The SMILES string of the molecule is N#Cc1cc(N)ccc1NC1CN2CCC1CC2. The van der Waals surface area contributed by atoms with E-state index in [0.717, 1.165) is 18.2 Å². The molecular formula is C14H18N4. The van der Waals surface area contributed by atoms with Crippen molar-refractivity contribution in [2.45, 2.75) is 18.9 Å². The number of nitrogen functional groups attached to an aromatic ring is 1. The zero-order valence-corrected chi connectivity index (χ0v) is 10.4. The first kappa shape index (κ1) is 11.4. The van der Waals surface area contributed by atoms with Gasteiger partial charge < -0.3 is 16.0 Å². The fraction of sp³-hybridized carbons (Fsp3) is 0.500. The van der Waals surface area contributed by atoms with Crippen molar-refractivity contribution in [3.8, 4) is 6.07 Å². The normalized spacial score (nSPS) is 29.8. The molecule has 4 nitrogen and oxygen atoms in total. The van der Waals surface area contributed by atoms with Gasteiger partial charge in [0.2, 0.25) is 0 Å². The van der Waals surface area contributed by atoms with Crippen LogP contribution in [-0.2, 0) is 0 Å². The highest BCUT2D eigenvalue weighted by molar-refractivity contribution is 5.63. The Morgan fingerprint density at radius 1 is 1.33 bits per heavy atom. The number of hydrogen-bond acceptors (Lipinski definition) is 4. The van der Waals surface area contributed by atoms with Gasteiger partial charge in [-0.05, 0) is 50.0 Å². The van der Waals surface area contributed by atoms with Gasteiger partial charge in [-0.15, -0.1) is 0 Å². The summed E-state index contributed by atoms with van der Waals surface area (Å²) in [5.74, 6) is 0.749. The molecule has 1 unspecified atom stereocenters. The molecule has 0 amide bonds. The topological polar surface area (TPSA) is 65.1 Å². The number of nitriles is 1. The van der Waals surface area contributed by atoms with Gasteiger partial charge in [0.15, 0.2) is 0 Å². The molecule has 0 spiro atoms. The molecule has 18 heavy (non-hydrogen) atoms. The van der Waals surface area contributed by atoms with Crippen LogP contribution in [-0.4, -0.2) is 30.6 Å². The molecule has 1 aromatic rings. The van der Waals surface area contributed by atoms with Crippen molar-refractivity contribution in [1.29, 1.82) is 5.26 Å². The molecule has 1 atom stereocenters. The van der Waals surface area contributed by atoms with Crippen molar-refractivity contribution >= 4 is 11.4 Å². The number of nitrogens with one attached hydrogen (secondary N) is 1. The Morgan fingerprint density at radius 2 is 2.11 bits per heavy atom. The number of anilines is 2. The van der Waals surface area contributed by atoms with Crippen LogP contribution in [0.3, 0.4) is 0 Å². The van der Waals surface area contributed by atoms with Crippen molar-refractivity contribution in [3.05, 3.63) is 23.8 Å². The second-order valence-corrected chi connectivity index (χ2v) is 5.31. The van der Waals surface area contributed by atoms with Crippen molar-refractivity contribution in [2.75, 3.05) is 30.7 Å². The van der Waals surface area contributed by atoms with Crippen molar-refractivity contribution < 1.29 is 0 Å². The van der Waals surface area contributed by atoms with Gasteiger partial charge >= 0.3 is 0 Å². The van der Waals surface area contributed by atoms with Crippen LogP contribution in [0.2, 0.25) is 0 Å². The summed E-state index contributed by atoms with van der Waals surface area (Å²) in [6.45, 7) is 3.56. The average Bonchev–Trinajstić information content (AvgIpc) is 2.42. The minimum absolute atomic E-state index is 0.475. The Labute approximate surface area is 107 Å². The number of nitrogens with zero attached hydrogens (tertiary/aromatic N) is 2. The third-order valence-corrected chi connectivity index (χ3v) is 4.16. The van der Waals surface area contributed by atoms with E-state index < -0.39 is 0 Å². The second kappa shape index (κ2) is 4.51. The largest absolute Gasteiger partial charge is 0.399 e. The summed E-state index contributed by atoms with van der Waals surface area (Å²) in [5, 5.41) is 12.7. The minimum atomic E-state index is 0.475. The van der Waals surface area contributed by atoms with Gasteiger partial charge in [0.05, 0.1) is 11.3 Å². The molecule has 0 aliphatic carbocycles. The molecule has 3 heterocycles. The lowest BCUT2D eigenvalue weighted by Gasteiger charge is -2.45. The third-order valence-electron chi connectivity index (χ3n) is 4.16. The molecular weight excluding hydrogens is 224 g/mol. The van der Waals surface area contributed by atoms with Crippen LogP contribution in [0.5, 0.6) is 0 Å². The number of benzene rings is 1. The van der Waals surface area contributed by atoms with Crippen LogP contribution in [0.4, 0.5) is 11.4 Å². The minimum Gasteiger partial charge on any atom is -0.399 e. The van der Waals surface area contributed by atoms with E-state index >= 15 is 0 Å². The Balaban J connectivity index is 1.79. The van der Waals surface area contributed by atoms with Gasteiger partial charge in [0, 0.05) is 18.3 Å². The highest BCUT2D eigenvalue weighted by atomic mass is 15.2. The highest BCUT2D eigenvalue weighted by Gasteiger charge is 2.34. The zero-order valence-electron chi connectivity index (χ0n) is 10.4. The van der Waals surface area contributed by atoms with Crippen molar-refractivity contribution in [1.82, 2.24) is 4.90 Å². The number of fused-ring (bicyclic) bond motifs is 3. The van der Waals surface area contributed by atoms with E-state index in [1.54, 1.807) is 6.07 Å². The second-order valence-electron chi connectivity index (χ2n) is 5.31. The summed E-state index contributed by atoms with van der Waals surface area (Å²) in [6, 6.07) is 8.20. The van der Waals surface area contributed by atoms with Gasteiger partial charge in [-0.3, -0.25) is 0 Å². The van der Waals surface area contributed by atoms with Gasteiger partial charge in [-0.25, -0.2) is 0 Å². The van der Waals surface area contributed by atoms with Crippen LogP contribution in [0, 0.1) is 17.2 Å². The molecule has 0 aromatic heterocycles. The summed E-state index contributed by atoms with van der Waals surface area (Å²) >= 11 is 0. The summed E-state index contributed by atoms with van der Waals surface area (Å²) in [6.07, 6.45) is 2.54. The third kappa shape index (κ3) is 2.02. The van der Waals surface area contributed by atoms with E-state index in [2.05, 4.69) is 16.3 Å². The molecule has 1 aromatic carbocycles. The van der Waals surface area contributed by atoms with E-state index in [0.29, 0.717) is 17.3 Å². The Bertz CT molecular complexity index is 483. The quantitative estimate of drug-likeness (QED) is 0.774. The van der Waals surface area contributed by atoms with Crippen LogP contribution >= 0.6 is 0 Å². The molecule has 0 saturated carbocycles. The molecule has 3 saturated heterocycles.